The first-order chi connectivity index (χ1) is 22.7. The second-order valence-corrected chi connectivity index (χ2v) is 13.7. The normalized spacial score (nSPS) is 28.4. The average Bonchev–Trinajstić information content (AvgIpc) is 3.35. The van der Waals surface area contributed by atoms with Crippen molar-refractivity contribution in [2.45, 2.75) is 84.2 Å². The number of esters is 1. The molecule has 0 unspecified atom stereocenters. The molecule has 1 aliphatic heterocycles. The van der Waals surface area contributed by atoms with E-state index in [1.807, 2.05) is 31.2 Å². The lowest BCUT2D eigenvalue weighted by atomic mass is 9.91. The number of hydrogen-bond donors (Lipinski definition) is 5. The van der Waals surface area contributed by atoms with Crippen LogP contribution in [0, 0.1) is 11.8 Å². The molecule has 48 heavy (non-hydrogen) atoms. The van der Waals surface area contributed by atoms with Crippen LogP contribution in [-0.2, 0) is 30.3 Å². The molecule has 1 aromatic heterocycles. The zero-order chi connectivity index (χ0) is 35.3. The van der Waals surface area contributed by atoms with Gasteiger partial charge < -0.3 is 35.5 Å². The third-order valence-corrected chi connectivity index (χ3v) is 9.63. The summed E-state index contributed by atoms with van der Waals surface area (Å²) in [6.45, 7) is 8.55. The fourth-order valence-corrected chi connectivity index (χ4v) is 6.80. The Labute approximate surface area is 289 Å². The van der Waals surface area contributed by atoms with Crippen LogP contribution in [0.2, 0.25) is 0 Å². The van der Waals surface area contributed by atoms with Crippen molar-refractivity contribution in [2.75, 3.05) is 7.05 Å². The zero-order valence-corrected chi connectivity index (χ0v) is 29.7. The molecule has 7 atom stereocenters. The quantitative estimate of drug-likeness (QED) is 0.194. The smallest absolute Gasteiger partial charge is 0.308 e. The van der Waals surface area contributed by atoms with Crippen LogP contribution in [0.3, 0.4) is 0 Å². The maximum Gasteiger partial charge on any atom is 0.308 e. The van der Waals surface area contributed by atoms with E-state index in [1.54, 1.807) is 45.9 Å². The molecule has 0 spiro atoms. The molecule has 3 aromatic rings. The Kier molecular flexibility index (Phi) is 12.1. The van der Waals surface area contributed by atoms with E-state index < -0.39 is 59.9 Å². The molecule has 0 saturated heterocycles. The van der Waals surface area contributed by atoms with Gasteiger partial charge in [-0.05, 0) is 83.9 Å². The Morgan fingerprint density at radius 3 is 2.31 bits per heavy atom. The van der Waals surface area contributed by atoms with Gasteiger partial charge in [0, 0.05) is 24.4 Å². The number of likely N-dealkylation sites (N-methyl/N-ethyl adjacent to an activating group) is 1. The molecule has 11 nitrogen and oxygen atoms in total. The molecule has 5 N–H and O–H groups in total. The van der Waals surface area contributed by atoms with Crippen LogP contribution >= 0.6 is 15.9 Å². The summed E-state index contributed by atoms with van der Waals surface area (Å²) < 4.78 is 6.40. The van der Waals surface area contributed by atoms with Gasteiger partial charge >= 0.3 is 5.97 Å². The third-order valence-electron chi connectivity index (χ3n) is 8.96. The molecule has 0 bridgehead atoms. The number of aromatic hydroxyl groups is 1. The first kappa shape index (κ1) is 36.7. The van der Waals surface area contributed by atoms with Crippen molar-refractivity contribution in [3.05, 3.63) is 75.9 Å². The standard InChI is InChI=1S/C36H45BrN4O7/c1-19-15-21(3)34(45)38-23(5)36(47)41(6)30(17-27-26-9-7-8-10-28(26)39-33(27)37)35(46)40-29(24-11-13-25(42)14-12-24)18-31(43)48-22(4)16-20(2)32(19)44/h7-15,20-23,29-30,32,39,42,44H,16-18H2,1-6H3,(H,38,45)(H,40,46)/b19-15-/t20-,21+,22+,23+,29-,30-,32+/m1/s1. The van der Waals surface area contributed by atoms with Gasteiger partial charge in [-0.25, -0.2) is 0 Å². The van der Waals surface area contributed by atoms with Crippen LogP contribution in [-0.4, -0.2) is 75.1 Å². The number of cyclic esters (lactones) is 1. The topological polar surface area (TPSA) is 161 Å². The second kappa shape index (κ2) is 15.8. The minimum absolute atomic E-state index is 0.0204. The molecule has 0 saturated carbocycles. The highest BCUT2D eigenvalue weighted by molar-refractivity contribution is 9.10. The highest BCUT2D eigenvalue weighted by atomic mass is 79.9. The van der Waals surface area contributed by atoms with Crippen LogP contribution < -0.4 is 10.6 Å². The number of ether oxygens (including phenoxy) is 1. The number of H-pyrrole nitrogens is 1. The van der Waals surface area contributed by atoms with Crippen molar-refractivity contribution in [2.24, 2.45) is 11.8 Å². The number of carbonyl (C=O) groups excluding carboxylic acids is 4. The van der Waals surface area contributed by atoms with Crippen molar-refractivity contribution in [1.29, 1.82) is 0 Å². The first-order valence-corrected chi connectivity index (χ1v) is 16.9. The Morgan fingerprint density at radius 1 is 0.958 bits per heavy atom. The number of halogens is 1. The molecule has 2 aromatic carbocycles. The van der Waals surface area contributed by atoms with Gasteiger partial charge in [0.25, 0.3) is 0 Å². The summed E-state index contributed by atoms with van der Waals surface area (Å²) in [7, 11) is 1.51. The first-order valence-electron chi connectivity index (χ1n) is 16.1. The van der Waals surface area contributed by atoms with Gasteiger partial charge in [0.1, 0.15) is 17.8 Å². The van der Waals surface area contributed by atoms with Gasteiger partial charge in [0.05, 0.1) is 35.2 Å². The second-order valence-electron chi connectivity index (χ2n) is 12.9. The molecular weight excluding hydrogens is 680 g/mol. The molecule has 3 amide bonds. The number of nitrogens with one attached hydrogen (secondary N) is 3. The molecule has 12 heteroatoms. The maximum absolute atomic E-state index is 14.3. The summed E-state index contributed by atoms with van der Waals surface area (Å²) in [6.07, 6.45) is 0.467. The number of carbonyl (C=O) groups is 4. The van der Waals surface area contributed by atoms with Crippen molar-refractivity contribution >= 4 is 50.5 Å². The van der Waals surface area contributed by atoms with Gasteiger partial charge in [-0.3, -0.25) is 19.2 Å². The van der Waals surface area contributed by atoms with Crippen LogP contribution in [0.15, 0.2) is 64.8 Å². The number of phenolic OH excluding ortho intramolecular Hbond substituents is 1. The predicted octanol–water partition coefficient (Wildman–Crippen LogP) is 4.67. The lowest BCUT2D eigenvalue weighted by Crippen LogP contribution is -2.55. The third kappa shape index (κ3) is 8.84. The minimum Gasteiger partial charge on any atom is -0.508 e. The van der Waals surface area contributed by atoms with Crippen LogP contribution in [0.4, 0.5) is 0 Å². The summed E-state index contributed by atoms with van der Waals surface area (Å²) in [5.41, 5.74) is 2.76. The molecule has 0 aliphatic carbocycles. The maximum atomic E-state index is 14.3. The fourth-order valence-electron chi connectivity index (χ4n) is 6.22. The molecule has 0 radical (unpaired) electrons. The molecule has 1 aliphatic rings. The number of aliphatic hydroxyl groups is 1. The van der Waals surface area contributed by atoms with Gasteiger partial charge in [0.15, 0.2) is 0 Å². The number of phenols is 1. The molecule has 258 valence electrons. The van der Waals surface area contributed by atoms with E-state index in [0.29, 0.717) is 22.2 Å². The van der Waals surface area contributed by atoms with Gasteiger partial charge in [-0.15, -0.1) is 0 Å². The minimum atomic E-state index is -1.06. The van der Waals surface area contributed by atoms with Crippen molar-refractivity contribution in [3.8, 4) is 5.75 Å². The summed E-state index contributed by atoms with van der Waals surface area (Å²) in [4.78, 5) is 59.2. The Bertz CT molecular complexity index is 1670. The van der Waals surface area contributed by atoms with E-state index >= 15 is 0 Å². The number of nitrogens with zero attached hydrogens (tertiary/aromatic N) is 1. The van der Waals surface area contributed by atoms with E-state index in [2.05, 4.69) is 31.5 Å². The number of aromatic amines is 1. The number of benzene rings is 2. The fraction of sp³-hybridized carbons (Fsp3) is 0.444. The summed E-state index contributed by atoms with van der Waals surface area (Å²) >= 11 is 3.58. The van der Waals surface area contributed by atoms with E-state index in [-0.39, 0.29) is 24.5 Å². The number of hydrogen-bond acceptors (Lipinski definition) is 7. The zero-order valence-electron chi connectivity index (χ0n) is 28.1. The van der Waals surface area contributed by atoms with Crippen LogP contribution in [0.1, 0.15) is 64.6 Å². The number of rotatable bonds is 3. The van der Waals surface area contributed by atoms with Gasteiger partial charge in [-0.1, -0.05) is 50.3 Å². The Morgan fingerprint density at radius 2 is 1.62 bits per heavy atom. The monoisotopic (exact) mass is 724 g/mol. The average molecular weight is 726 g/mol. The summed E-state index contributed by atoms with van der Waals surface area (Å²) in [5.74, 6) is -2.92. The SMILES string of the molecule is C/C1=C/[C@H](C)C(=O)N[C@@H](C)C(=O)N(C)[C@H](Cc2c(Br)[nH]c3ccccc23)C(=O)N[C@@H](c2ccc(O)cc2)CC(=O)O[C@@H](C)C[C@@H](C)[C@H]1O. The van der Waals surface area contributed by atoms with Gasteiger partial charge in [-0.2, -0.15) is 0 Å². The van der Waals surface area contributed by atoms with E-state index in [9.17, 15) is 29.4 Å². The lowest BCUT2D eigenvalue weighted by molar-refractivity contribution is -0.150. The molecule has 0 fully saturated rings. The largest absolute Gasteiger partial charge is 0.508 e. The van der Waals surface area contributed by atoms with E-state index in [0.717, 1.165) is 16.5 Å². The highest BCUT2D eigenvalue weighted by Gasteiger charge is 2.34. The van der Waals surface area contributed by atoms with E-state index in [4.69, 9.17) is 4.74 Å². The summed E-state index contributed by atoms with van der Waals surface area (Å²) in [5, 5.41) is 27.5. The number of amides is 3. The van der Waals surface area contributed by atoms with Crippen molar-refractivity contribution in [3.63, 3.8) is 0 Å². The Hall–Kier alpha value is -4.16. The summed E-state index contributed by atoms with van der Waals surface area (Å²) in [6, 6.07) is 10.9. The predicted molar refractivity (Wildman–Crippen MR) is 186 cm³/mol. The van der Waals surface area contributed by atoms with Crippen molar-refractivity contribution in [1.82, 2.24) is 20.5 Å². The lowest BCUT2D eigenvalue weighted by Gasteiger charge is -2.31. The van der Waals surface area contributed by atoms with Crippen LogP contribution in [0.25, 0.3) is 10.9 Å². The van der Waals surface area contributed by atoms with Crippen molar-refractivity contribution < 1.29 is 34.1 Å². The Balaban J connectivity index is 1.76. The van der Waals surface area contributed by atoms with Crippen LogP contribution in [0.5, 0.6) is 5.75 Å². The number of aromatic nitrogens is 1. The highest BCUT2D eigenvalue weighted by Crippen LogP contribution is 2.30. The number of para-hydroxylation sites is 1. The van der Waals surface area contributed by atoms with Gasteiger partial charge in [0.2, 0.25) is 17.7 Å². The number of fused-ring (bicyclic) bond motifs is 1. The molecule has 2 heterocycles. The molecule has 4 rings (SSSR count). The molecular formula is C36H45BrN4O7. The van der Waals surface area contributed by atoms with E-state index in [1.165, 1.54) is 24.1 Å². The number of aliphatic hydroxyl groups excluding tert-OH is 1.